The van der Waals surface area contributed by atoms with Gasteiger partial charge in [0.25, 0.3) is 5.91 Å². The Balaban J connectivity index is 1.13. The highest BCUT2D eigenvalue weighted by molar-refractivity contribution is 7.91. The average Bonchev–Trinajstić information content (AvgIpc) is 4.18. The number of aromatic nitrogens is 1. The number of nitrogens with one attached hydrogen (secondary N) is 3. The molecule has 0 bridgehead atoms. The Kier molecular flexibility index (Phi) is 11.9. The first-order chi connectivity index (χ1) is 29.2. The third-order valence-electron chi connectivity index (χ3n) is 12.7. The van der Waals surface area contributed by atoms with Crippen molar-refractivity contribution < 1.29 is 46.9 Å². The molecule has 8 rings (SSSR count). The number of nitrogens with zero attached hydrogens (tertiary/aromatic N) is 3. The summed E-state index contributed by atoms with van der Waals surface area (Å²) in [5, 5.41) is 16.0. The maximum absolute atomic E-state index is 14.7. The molecule has 326 valence electrons. The number of pyridine rings is 1. The summed E-state index contributed by atoms with van der Waals surface area (Å²) in [5.74, 6) is -1.98. The van der Waals surface area contributed by atoms with Crippen LogP contribution in [0.25, 0.3) is 22.0 Å². The lowest BCUT2D eigenvalue weighted by Gasteiger charge is -2.32. The molecule has 16 nitrogen and oxygen atoms in total. The van der Waals surface area contributed by atoms with Crippen molar-refractivity contribution in [2.75, 3.05) is 44.9 Å². The normalized spacial score (nSPS) is 29.0. The molecule has 4 fully saturated rings. The van der Waals surface area contributed by atoms with Crippen molar-refractivity contribution in [1.82, 2.24) is 25.2 Å². The molecule has 17 heteroatoms. The molecule has 7 atom stereocenters. The van der Waals surface area contributed by atoms with Crippen molar-refractivity contribution in [3.8, 4) is 22.9 Å². The summed E-state index contributed by atoms with van der Waals surface area (Å²) in [6.45, 7) is 6.69. The molecule has 2 aromatic carbocycles. The molecule has 0 radical (unpaired) electrons. The molecule has 2 saturated heterocycles. The van der Waals surface area contributed by atoms with Crippen molar-refractivity contribution in [1.29, 1.82) is 0 Å². The topological polar surface area (TPSA) is 206 Å². The molecule has 2 aliphatic carbocycles. The fourth-order valence-corrected chi connectivity index (χ4v) is 10.4. The number of benzene rings is 2. The van der Waals surface area contributed by atoms with E-state index in [4.69, 9.17) is 19.2 Å². The van der Waals surface area contributed by atoms with E-state index in [1.54, 1.807) is 13.2 Å². The highest BCUT2D eigenvalue weighted by Crippen LogP contribution is 2.46. The monoisotopic (exact) mass is 858 g/mol. The summed E-state index contributed by atoms with van der Waals surface area (Å²) in [4.78, 5) is 63.8. The fourth-order valence-electron chi connectivity index (χ4n) is 9.02. The van der Waals surface area contributed by atoms with Gasteiger partial charge in [0, 0.05) is 42.1 Å². The van der Waals surface area contributed by atoms with E-state index in [-0.39, 0.29) is 31.2 Å². The van der Waals surface area contributed by atoms with E-state index in [1.165, 1.54) is 4.90 Å². The van der Waals surface area contributed by atoms with Crippen LogP contribution in [-0.2, 0) is 29.1 Å². The predicted octanol–water partition coefficient (Wildman–Crippen LogP) is 4.23. The smallest absolute Gasteiger partial charge is 0.405 e. The number of carbonyl (C=O) groups is 4. The molecule has 2 saturated carbocycles. The largest absolute Gasteiger partial charge is 0.497 e. The van der Waals surface area contributed by atoms with Gasteiger partial charge in [-0.15, -0.1) is 0 Å². The highest BCUT2D eigenvalue weighted by Gasteiger charge is 2.62. The summed E-state index contributed by atoms with van der Waals surface area (Å²) in [6, 6.07) is 13.2. The third-order valence-corrected chi connectivity index (χ3v) is 14.5. The van der Waals surface area contributed by atoms with Gasteiger partial charge in [0.1, 0.15) is 29.5 Å². The maximum Gasteiger partial charge on any atom is 0.405 e. The first-order valence-electron chi connectivity index (χ1n) is 21.2. The standard InChI is InChI=1S/C44H54N6O10S/c1-26-6-4-5-7-30-24-44(30,42(53)48-61(56,57)34-13-14-34)47-39(51)37-23-33(25-50(37)41(52)38(27(2)20-26)46-43(54)55)60-40-35-15-12-32(58-3)21-29(35)22-36(45-40)28-8-10-31(11-9-28)49-16-18-59-19-17-49/h5,7-12,15,21-22,26-27,30,33-34,37-38,46H,4,6,13-14,16-20,23-25H2,1-3H3,(H,47,51)(H,48,53)(H,54,55)/b7-5-/t26-,27-,30-,33-,37+,38+,44-/m1/s1. The number of carboxylic acid groups (broad SMARTS) is 1. The van der Waals surface area contributed by atoms with Crippen LogP contribution in [0.4, 0.5) is 10.5 Å². The fraction of sp³-hybridized carbons (Fsp3) is 0.523. The number of hydrogen-bond acceptors (Lipinski definition) is 11. The molecule has 3 aliphatic heterocycles. The third kappa shape index (κ3) is 9.13. The van der Waals surface area contributed by atoms with E-state index in [1.807, 2.05) is 68.5 Å². The lowest BCUT2D eigenvalue weighted by Crippen LogP contribution is -2.59. The van der Waals surface area contributed by atoms with E-state index in [0.717, 1.165) is 36.1 Å². The van der Waals surface area contributed by atoms with Gasteiger partial charge >= 0.3 is 6.09 Å². The number of ether oxygens (including phenoxy) is 3. The Morgan fingerprint density at radius 2 is 1.77 bits per heavy atom. The van der Waals surface area contributed by atoms with Gasteiger partial charge in [0.15, 0.2) is 0 Å². The molecule has 1 aromatic heterocycles. The number of morpholine rings is 1. The van der Waals surface area contributed by atoms with Crippen LogP contribution >= 0.6 is 0 Å². The lowest BCUT2D eigenvalue weighted by molar-refractivity contribution is -0.142. The van der Waals surface area contributed by atoms with Crippen LogP contribution in [0.5, 0.6) is 11.6 Å². The minimum atomic E-state index is -3.93. The van der Waals surface area contributed by atoms with E-state index >= 15 is 0 Å². The molecule has 0 unspecified atom stereocenters. The molecule has 3 aromatic rings. The number of anilines is 1. The van der Waals surface area contributed by atoms with Crippen LogP contribution in [-0.4, -0.2) is 116 Å². The number of allylic oxidation sites excluding steroid dienone is 1. The summed E-state index contributed by atoms with van der Waals surface area (Å²) < 4.78 is 45.9. The summed E-state index contributed by atoms with van der Waals surface area (Å²) in [5.41, 5.74) is 0.983. The predicted molar refractivity (Wildman–Crippen MR) is 227 cm³/mol. The molecular formula is C44H54N6O10S. The SMILES string of the molecule is COc1ccc2c(O[C@@H]3C[C@H]4C(=O)N[C@]5(C(=O)NS(=O)(=O)C6CC6)C[C@H]5/C=C\CC[C@@H](C)C[C@@H](C)[C@H](NC(=O)O)C(=O)N4C3)nc(-c3ccc(N4CCOCC4)cc3)cc2c1. The van der Waals surface area contributed by atoms with Gasteiger partial charge in [-0.3, -0.25) is 19.1 Å². The van der Waals surface area contributed by atoms with Crippen LogP contribution in [0.2, 0.25) is 0 Å². The second-order valence-corrected chi connectivity index (χ2v) is 19.2. The first kappa shape index (κ1) is 42.3. The Morgan fingerprint density at radius 1 is 1.02 bits per heavy atom. The number of hydrogen-bond donors (Lipinski definition) is 4. The van der Waals surface area contributed by atoms with Crippen LogP contribution in [0.3, 0.4) is 0 Å². The number of rotatable bonds is 9. The van der Waals surface area contributed by atoms with Crippen LogP contribution in [0.15, 0.2) is 60.7 Å². The second kappa shape index (κ2) is 17.2. The van der Waals surface area contributed by atoms with Gasteiger partial charge < -0.3 is 39.8 Å². The van der Waals surface area contributed by atoms with Crippen molar-refractivity contribution in [3.63, 3.8) is 0 Å². The number of methoxy groups -OCH3 is 1. The molecule has 4 amide bonds. The van der Waals surface area contributed by atoms with E-state index in [2.05, 4.69) is 20.3 Å². The molecule has 4 heterocycles. The maximum atomic E-state index is 14.7. The number of amides is 4. The van der Waals surface area contributed by atoms with Crippen LogP contribution in [0.1, 0.15) is 58.8 Å². The van der Waals surface area contributed by atoms with E-state index < -0.39 is 74.7 Å². The Morgan fingerprint density at radius 3 is 2.48 bits per heavy atom. The van der Waals surface area contributed by atoms with Gasteiger partial charge in [-0.2, -0.15) is 0 Å². The average molecular weight is 859 g/mol. The summed E-state index contributed by atoms with van der Waals surface area (Å²) in [7, 11) is -2.35. The number of fused-ring (bicyclic) bond motifs is 3. The Bertz CT molecular complexity index is 2310. The zero-order chi connectivity index (χ0) is 43.1. The lowest BCUT2D eigenvalue weighted by atomic mass is 9.88. The van der Waals surface area contributed by atoms with Crippen molar-refractivity contribution in [3.05, 3.63) is 60.7 Å². The summed E-state index contributed by atoms with van der Waals surface area (Å²) >= 11 is 0. The highest BCUT2D eigenvalue weighted by atomic mass is 32.2. The molecule has 4 N–H and O–H groups in total. The molecule has 0 spiro atoms. The van der Waals surface area contributed by atoms with Gasteiger partial charge in [-0.25, -0.2) is 18.2 Å². The zero-order valence-corrected chi connectivity index (χ0v) is 35.5. The van der Waals surface area contributed by atoms with Crippen molar-refractivity contribution >= 4 is 50.3 Å². The molecule has 5 aliphatic rings. The molecular weight excluding hydrogens is 805 g/mol. The van der Waals surface area contributed by atoms with Gasteiger partial charge in [-0.05, 0) is 92.1 Å². The Labute approximate surface area is 355 Å². The van der Waals surface area contributed by atoms with Crippen molar-refractivity contribution in [2.24, 2.45) is 17.8 Å². The molecule has 61 heavy (non-hydrogen) atoms. The van der Waals surface area contributed by atoms with Gasteiger partial charge in [0.2, 0.25) is 27.7 Å². The second-order valence-electron chi connectivity index (χ2n) is 17.2. The number of sulfonamides is 1. The summed E-state index contributed by atoms with van der Waals surface area (Å²) in [6.07, 6.45) is 4.61. The quantitative estimate of drug-likeness (QED) is 0.223. The van der Waals surface area contributed by atoms with Gasteiger partial charge in [0.05, 0.1) is 37.8 Å². The van der Waals surface area contributed by atoms with E-state index in [0.29, 0.717) is 55.7 Å². The number of carbonyl (C=O) groups excluding carboxylic acids is 3. The van der Waals surface area contributed by atoms with Crippen molar-refractivity contribution in [2.45, 2.75) is 87.8 Å². The zero-order valence-electron chi connectivity index (χ0n) is 34.7. The van der Waals surface area contributed by atoms with Crippen LogP contribution < -0.4 is 29.7 Å². The van der Waals surface area contributed by atoms with E-state index in [9.17, 15) is 32.7 Å². The Hall–Kier alpha value is -5.42. The minimum Gasteiger partial charge on any atom is -0.497 e. The minimum absolute atomic E-state index is 0.0153. The first-order valence-corrected chi connectivity index (χ1v) is 22.7. The van der Waals surface area contributed by atoms with Gasteiger partial charge in [-0.1, -0.05) is 38.1 Å². The van der Waals surface area contributed by atoms with Crippen LogP contribution in [0, 0.1) is 17.8 Å².